The summed E-state index contributed by atoms with van der Waals surface area (Å²) < 4.78 is 23.8. The van der Waals surface area contributed by atoms with Gasteiger partial charge in [-0.1, -0.05) is 243 Å². The molecule has 3 unspecified atom stereocenters. The zero-order chi connectivity index (χ0) is 47.8. The minimum Gasteiger partial charge on any atom is -0.391 e. The highest BCUT2D eigenvalue weighted by Crippen LogP contribution is 2.43. The van der Waals surface area contributed by atoms with Crippen LogP contribution in [0.3, 0.4) is 0 Å². The van der Waals surface area contributed by atoms with E-state index in [0.717, 1.165) is 51.4 Å². The Morgan fingerprint density at radius 1 is 0.523 bits per heavy atom. The smallest absolute Gasteiger partial charge is 0.391 e. The summed E-state index contributed by atoms with van der Waals surface area (Å²) >= 11 is 0. The molecule has 0 spiro atoms. The lowest BCUT2D eigenvalue weighted by Gasteiger charge is -2.26. The van der Waals surface area contributed by atoms with E-state index in [9.17, 15) is 19.4 Å². The largest absolute Gasteiger partial charge is 0.472 e. The van der Waals surface area contributed by atoms with Crippen LogP contribution in [0.25, 0.3) is 0 Å². The number of phosphoric acid groups is 1. The number of amides is 1. The topological polar surface area (TPSA) is 105 Å². The second-order valence-electron chi connectivity index (χ2n) is 20.3. The van der Waals surface area contributed by atoms with Crippen LogP contribution in [-0.4, -0.2) is 73.4 Å². The quantitative estimate of drug-likeness (QED) is 0.0243. The van der Waals surface area contributed by atoms with Gasteiger partial charge in [0, 0.05) is 6.42 Å². The Bertz CT molecular complexity index is 1150. The van der Waals surface area contributed by atoms with Gasteiger partial charge in [-0.05, 0) is 51.4 Å². The maximum atomic E-state index is 13.0. The molecule has 1 amide bonds. The summed E-state index contributed by atoms with van der Waals surface area (Å²) in [6.45, 7) is 4.90. The summed E-state index contributed by atoms with van der Waals surface area (Å²) in [5.41, 5.74) is 0. The Hall–Kier alpha value is -1.28. The first-order valence-corrected chi connectivity index (χ1v) is 29.3. The van der Waals surface area contributed by atoms with Crippen molar-refractivity contribution in [2.24, 2.45) is 0 Å². The standard InChI is InChI=1S/C56H109N2O6P/c1-6-8-10-12-14-16-18-20-22-24-26-27-28-29-30-31-32-34-36-38-40-42-44-46-48-50-56(60)57-54(53-64-65(61,62)63-52-51-58(3,4)5)55(59)49-47-45-43-41-39-37-35-33-25-23-21-19-17-15-13-11-9-7-2/h18,20,24,26,28-29,54-55,59H,6-17,19,21-23,25,27,30-53H2,1-5H3,(H-,57,60,61,62)/p+1/b20-18-,26-24-,29-28-. The monoisotopic (exact) mass is 938 g/mol. The summed E-state index contributed by atoms with van der Waals surface area (Å²) in [6, 6.07) is -0.763. The summed E-state index contributed by atoms with van der Waals surface area (Å²) in [5, 5.41) is 14.1. The van der Waals surface area contributed by atoms with Gasteiger partial charge in [0.05, 0.1) is 39.9 Å². The van der Waals surface area contributed by atoms with Gasteiger partial charge < -0.3 is 19.8 Å². The van der Waals surface area contributed by atoms with Gasteiger partial charge >= 0.3 is 7.82 Å². The van der Waals surface area contributed by atoms with E-state index in [2.05, 4.69) is 55.6 Å². The summed E-state index contributed by atoms with van der Waals surface area (Å²) in [6.07, 6.45) is 60.4. The fourth-order valence-corrected chi connectivity index (χ4v) is 8.97. The minimum atomic E-state index is -4.32. The van der Waals surface area contributed by atoms with Crippen molar-refractivity contribution in [1.82, 2.24) is 5.32 Å². The number of nitrogens with one attached hydrogen (secondary N) is 1. The van der Waals surface area contributed by atoms with E-state index in [1.54, 1.807) is 0 Å². The molecule has 0 rings (SSSR count). The van der Waals surface area contributed by atoms with Gasteiger partial charge in [-0.3, -0.25) is 13.8 Å². The predicted molar refractivity (Wildman–Crippen MR) is 281 cm³/mol. The van der Waals surface area contributed by atoms with Crippen LogP contribution >= 0.6 is 7.82 Å². The van der Waals surface area contributed by atoms with Gasteiger partial charge in [0.15, 0.2) is 0 Å². The molecule has 0 aliphatic heterocycles. The highest BCUT2D eigenvalue weighted by molar-refractivity contribution is 7.47. The van der Waals surface area contributed by atoms with Crippen molar-refractivity contribution in [2.45, 2.75) is 276 Å². The normalized spacial score (nSPS) is 14.3. The van der Waals surface area contributed by atoms with Crippen LogP contribution in [0.15, 0.2) is 36.5 Å². The average molecular weight is 938 g/mol. The first-order chi connectivity index (χ1) is 31.5. The number of hydrogen-bond acceptors (Lipinski definition) is 5. The molecule has 8 nitrogen and oxygen atoms in total. The molecule has 0 aliphatic rings. The van der Waals surface area contributed by atoms with Crippen LogP contribution in [-0.2, 0) is 18.4 Å². The molecule has 0 heterocycles. The number of quaternary nitrogens is 1. The number of allylic oxidation sites excluding steroid dienone is 6. The highest BCUT2D eigenvalue weighted by atomic mass is 31.2. The molecule has 0 aromatic carbocycles. The van der Waals surface area contributed by atoms with E-state index < -0.39 is 20.0 Å². The predicted octanol–water partition coefficient (Wildman–Crippen LogP) is 16.6. The number of carbonyl (C=O) groups is 1. The van der Waals surface area contributed by atoms with Gasteiger partial charge in [-0.15, -0.1) is 0 Å². The van der Waals surface area contributed by atoms with Crippen molar-refractivity contribution in [2.75, 3.05) is 40.9 Å². The number of hydrogen-bond donors (Lipinski definition) is 3. The number of aliphatic hydroxyl groups excluding tert-OH is 1. The maximum Gasteiger partial charge on any atom is 0.472 e. The number of unbranched alkanes of at least 4 members (excludes halogenated alkanes) is 32. The second kappa shape index (κ2) is 47.8. The van der Waals surface area contributed by atoms with Gasteiger partial charge in [0.2, 0.25) is 5.91 Å². The molecule has 0 aromatic heterocycles. The molecular weight excluding hydrogens is 828 g/mol. The van der Waals surface area contributed by atoms with E-state index in [-0.39, 0.29) is 19.1 Å². The van der Waals surface area contributed by atoms with Gasteiger partial charge in [0.1, 0.15) is 13.2 Å². The third-order valence-corrected chi connectivity index (χ3v) is 13.6. The number of likely N-dealkylation sites (N-methyl/N-ethyl adjacent to an activating group) is 1. The molecule has 0 saturated heterocycles. The second-order valence-corrected chi connectivity index (χ2v) is 21.8. The fraction of sp³-hybridized carbons (Fsp3) is 0.875. The molecule has 0 aliphatic carbocycles. The van der Waals surface area contributed by atoms with Crippen LogP contribution in [0.5, 0.6) is 0 Å². The van der Waals surface area contributed by atoms with E-state index >= 15 is 0 Å². The lowest BCUT2D eigenvalue weighted by Crippen LogP contribution is -2.46. The molecule has 0 aromatic rings. The molecule has 0 radical (unpaired) electrons. The number of nitrogens with zero attached hydrogens (tertiary/aromatic N) is 1. The van der Waals surface area contributed by atoms with Crippen LogP contribution in [0, 0.1) is 0 Å². The third kappa shape index (κ3) is 50.4. The number of rotatable bonds is 51. The van der Waals surface area contributed by atoms with Crippen molar-refractivity contribution >= 4 is 13.7 Å². The van der Waals surface area contributed by atoms with Crippen LogP contribution in [0.1, 0.15) is 264 Å². The van der Waals surface area contributed by atoms with Gasteiger partial charge in [-0.2, -0.15) is 0 Å². The van der Waals surface area contributed by atoms with Crippen molar-refractivity contribution < 1.29 is 32.9 Å². The lowest BCUT2D eigenvalue weighted by molar-refractivity contribution is -0.870. The molecule has 9 heteroatoms. The zero-order valence-electron chi connectivity index (χ0n) is 43.7. The number of aliphatic hydroxyl groups is 1. The summed E-state index contributed by atoms with van der Waals surface area (Å²) in [7, 11) is 1.62. The molecular formula is C56H110N2O6P+. The summed E-state index contributed by atoms with van der Waals surface area (Å²) in [4.78, 5) is 23.3. The van der Waals surface area contributed by atoms with Crippen molar-refractivity contribution in [3.05, 3.63) is 36.5 Å². The fourth-order valence-electron chi connectivity index (χ4n) is 8.23. The van der Waals surface area contributed by atoms with Crippen LogP contribution < -0.4 is 5.32 Å². The Kier molecular flexibility index (Phi) is 46.8. The highest BCUT2D eigenvalue weighted by Gasteiger charge is 2.28. The van der Waals surface area contributed by atoms with E-state index in [4.69, 9.17) is 9.05 Å². The van der Waals surface area contributed by atoms with Crippen molar-refractivity contribution in [3.63, 3.8) is 0 Å². The number of phosphoric ester groups is 1. The first kappa shape index (κ1) is 63.7. The average Bonchev–Trinajstić information content (AvgIpc) is 3.26. The Morgan fingerprint density at radius 2 is 0.877 bits per heavy atom. The molecule has 65 heavy (non-hydrogen) atoms. The molecule has 3 atom stereocenters. The molecule has 0 saturated carbocycles. The van der Waals surface area contributed by atoms with Gasteiger partial charge in [0.25, 0.3) is 0 Å². The third-order valence-electron chi connectivity index (χ3n) is 12.6. The van der Waals surface area contributed by atoms with E-state index in [1.165, 1.54) is 186 Å². The Balaban J connectivity index is 4.20. The molecule has 3 N–H and O–H groups in total. The lowest BCUT2D eigenvalue weighted by atomic mass is 10.0. The zero-order valence-corrected chi connectivity index (χ0v) is 44.6. The van der Waals surface area contributed by atoms with E-state index in [0.29, 0.717) is 23.9 Å². The minimum absolute atomic E-state index is 0.0740. The first-order valence-electron chi connectivity index (χ1n) is 27.9. The molecule has 384 valence electrons. The van der Waals surface area contributed by atoms with Crippen LogP contribution in [0.2, 0.25) is 0 Å². The van der Waals surface area contributed by atoms with Crippen molar-refractivity contribution in [1.29, 1.82) is 0 Å². The molecule has 0 fully saturated rings. The molecule has 0 bridgehead atoms. The van der Waals surface area contributed by atoms with Crippen molar-refractivity contribution in [3.8, 4) is 0 Å². The van der Waals surface area contributed by atoms with E-state index in [1.807, 2.05) is 21.1 Å². The Morgan fingerprint density at radius 3 is 1.28 bits per heavy atom. The summed E-state index contributed by atoms with van der Waals surface area (Å²) in [5.74, 6) is -0.146. The number of carbonyl (C=O) groups excluding carboxylic acids is 1. The Labute approximate surface area is 404 Å². The SMILES string of the molecule is CCCCCCC/C=C\C/C=C\C/C=C\CCCCCCCCCCCCC(=O)NC(COP(=O)(O)OCC[N+](C)(C)C)C(O)CCCCCCCCCCCCCCCCCCCC. The van der Waals surface area contributed by atoms with Gasteiger partial charge in [-0.25, -0.2) is 4.57 Å². The van der Waals surface area contributed by atoms with Crippen LogP contribution in [0.4, 0.5) is 0 Å². The maximum absolute atomic E-state index is 13.0.